The molecular weight excluding hydrogens is 260 g/mol. The molecule has 0 aliphatic carbocycles. The van der Waals surface area contributed by atoms with Crippen LogP contribution in [0.4, 0.5) is 0 Å². The molecule has 1 fully saturated rings. The number of benzene rings is 1. The Hall–Kier alpha value is -0.770. The second kappa shape index (κ2) is 7.73. The fourth-order valence-electron chi connectivity index (χ4n) is 2.38. The Morgan fingerprint density at radius 1 is 1.42 bits per heavy atom. The van der Waals surface area contributed by atoms with Gasteiger partial charge in [-0.3, -0.25) is 4.90 Å². The number of piperazine rings is 1. The summed E-state index contributed by atoms with van der Waals surface area (Å²) < 4.78 is 5.69. The Labute approximate surface area is 120 Å². The number of nitrogens with one attached hydrogen (secondary N) is 1. The molecule has 19 heavy (non-hydrogen) atoms. The van der Waals surface area contributed by atoms with Crippen molar-refractivity contribution in [3.8, 4) is 5.75 Å². The van der Waals surface area contributed by atoms with Gasteiger partial charge in [-0.25, -0.2) is 0 Å². The zero-order valence-electron chi connectivity index (χ0n) is 11.6. The van der Waals surface area contributed by atoms with Gasteiger partial charge in [0.25, 0.3) is 0 Å². The predicted octanol–water partition coefficient (Wildman–Crippen LogP) is 2.79. The standard InChI is InChI=1S/C15H23ClN2O/c1-13-12-17-7-9-18(13)8-2-3-10-19-15-6-4-5-14(16)11-15/h4-6,11,13,17H,2-3,7-10,12H2,1H3/t13-/m1/s1. The molecular formula is C15H23ClN2O. The third-order valence-electron chi connectivity index (χ3n) is 3.54. The van der Waals surface area contributed by atoms with E-state index in [4.69, 9.17) is 16.3 Å². The van der Waals surface area contributed by atoms with Gasteiger partial charge < -0.3 is 10.1 Å². The van der Waals surface area contributed by atoms with Crippen LogP contribution < -0.4 is 10.1 Å². The first-order valence-corrected chi connectivity index (χ1v) is 7.46. The van der Waals surface area contributed by atoms with Gasteiger partial charge in [0.05, 0.1) is 6.61 Å². The maximum absolute atomic E-state index is 5.91. The van der Waals surface area contributed by atoms with E-state index in [1.165, 1.54) is 13.0 Å². The third kappa shape index (κ3) is 5.01. The van der Waals surface area contributed by atoms with Crippen LogP contribution in [0.2, 0.25) is 5.02 Å². The molecule has 1 N–H and O–H groups in total. The summed E-state index contributed by atoms with van der Waals surface area (Å²) in [6.07, 6.45) is 2.27. The van der Waals surface area contributed by atoms with Gasteiger partial charge in [0.15, 0.2) is 0 Å². The fourth-order valence-corrected chi connectivity index (χ4v) is 2.56. The second-order valence-electron chi connectivity index (χ2n) is 5.10. The number of hydrogen-bond acceptors (Lipinski definition) is 3. The number of unbranched alkanes of at least 4 members (excludes halogenated alkanes) is 1. The molecule has 0 radical (unpaired) electrons. The Kier molecular flexibility index (Phi) is 5.95. The molecule has 1 heterocycles. The summed E-state index contributed by atoms with van der Waals surface area (Å²) in [7, 11) is 0. The van der Waals surface area contributed by atoms with Crippen molar-refractivity contribution >= 4 is 11.6 Å². The van der Waals surface area contributed by atoms with Crippen LogP contribution in [0.25, 0.3) is 0 Å². The SMILES string of the molecule is C[C@@H]1CNCCN1CCCCOc1cccc(Cl)c1. The van der Waals surface area contributed by atoms with E-state index >= 15 is 0 Å². The van der Waals surface area contributed by atoms with Crippen LogP contribution in [-0.2, 0) is 0 Å². The highest BCUT2D eigenvalue weighted by Crippen LogP contribution is 2.17. The van der Waals surface area contributed by atoms with Crippen molar-refractivity contribution < 1.29 is 4.74 Å². The van der Waals surface area contributed by atoms with Crippen LogP contribution in [0.3, 0.4) is 0 Å². The van der Waals surface area contributed by atoms with Crippen molar-refractivity contribution in [2.45, 2.75) is 25.8 Å². The summed E-state index contributed by atoms with van der Waals surface area (Å²) in [5, 5.41) is 4.14. The topological polar surface area (TPSA) is 24.5 Å². The molecule has 106 valence electrons. The minimum Gasteiger partial charge on any atom is -0.494 e. The third-order valence-corrected chi connectivity index (χ3v) is 3.78. The van der Waals surface area contributed by atoms with Gasteiger partial charge in [-0.2, -0.15) is 0 Å². The number of halogens is 1. The summed E-state index contributed by atoms with van der Waals surface area (Å²) in [5.74, 6) is 0.864. The molecule has 1 aliphatic heterocycles. The van der Waals surface area contributed by atoms with Gasteiger partial charge in [-0.15, -0.1) is 0 Å². The molecule has 3 nitrogen and oxygen atoms in total. The molecule has 1 saturated heterocycles. The maximum Gasteiger partial charge on any atom is 0.120 e. The molecule has 0 amide bonds. The predicted molar refractivity (Wildman–Crippen MR) is 80.1 cm³/mol. The number of ether oxygens (including phenoxy) is 1. The number of rotatable bonds is 6. The average Bonchev–Trinajstić information content (AvgIpc) is 2.40. The number of nitrogens with zero attached hydrogens (tertiary/aromatic N) is 1. The normalized spacial score (nSPS) is 20.4. The van der Waals surface area contributed by atoms with Gasteiger partial charge in [0.1, 0.15) is 5.75 Å². The van der Waals surface area contributed by atoms with Gasteiger partial charge in [-0.1, -0.05) is 17.7 Å². The second-order valence-corrected chi connectivity index (χ2v) is 5.54. The van der Waals surface area contributed by atoms with Crippen molar-refractivity contribution in [3.63, 3.8) is 0 Å². The van der Waals surface area contributed by atoms with Crippen molar-refractivity contribution in [2.75, 3.05) is 32.8 Å². The van der Waals surface area contributed by atoms with Crippen LogP contribution in [-0.4, -0.2) is 43.7 Å². The molecule has 1 atom stereocenters. The Bertz CT molecular complexity index is 386. The number of hydrogen-bond donors (Lipinski definition) is 1. The van der Waals surface area contributed by atoms with E-state index in [-0.39, 0.29) is 0 Å². The minimum absolute atomic E-state index is 0.655. The quantitative estimate of drug-likeness (QED) is 0.812. The largest absolute Gasteiger partial charge is 0.494 e. The van der Waals surface area contributed by atoms with Crippen LogP contribution in [0.5, 0.6) is 5.75 Å². The summed E-state index contributed by atoms with van der Waals surface area (Å²) in [4.78, 5) is 2.55. The Balaban J connectivity index is 1.59. The van der Waals surface area contributed by atoms with Crippen LogP contribution in [0.1, 0.15) is 19.8 Å². The molecule has 1 aromatic rings. The van der Waals surface area contributed by atoms with Gasteiger partial charge in [-0.05, 0) is 44.5 Å². The molecule has 1 aromatic carbocycles. The molecule has 1 aliphatic rings. The first-order valence-electron chi connectivity index (χ1n) is 7.09. The van der Waals surface area contributed by atoms with E-state index in [1.807, 2.05) is 24.3 Å². The lowest BCUT2D eigenvalue weighted by atomic mass is 10.2. The van der Waals surface area contributed by atoms with Gasteiger partial charge in [0.2, 0.25) is 0 Å². The van der Waals surface area contributed by atoms with E-state index < -0.39 is 0 Å². The van der Waals surface area contributed by atoms with E-state index in [9.17, 15) is 0 Å². The van der Waals surface area contributed by atoms with Crippen molar-refractivity contribution in [1.29, 1.82) is 0 Å². The Morgan fingerprint density at radius 2 is 2.32 bits per heavy atom. The Morgan fingerprint density at radius 3 is 3.11 bits per heavy atom. The average molecular weight is 283 g/mol. The molecule has 0 saturated carbocycles. The van der Waals surface area contributed by atoms with Crippen LogP contribution in [0, 0.1) is 0 Å². The monoisotopic (exact) mass is 282 g/mol. The summed E-state index contributed by atoms with van der Waals surface area (Å²) >= 11 is 5.91. The fraction of sp³-hybridized carbons (Fsp3) is 0.600. The van der Waals surface area contributed by atoms with E-state index in [0.717, 1.165) is 43.4 Å². The van der Waals surface area contributed by atoms with E-state index in [2.05, 4.69) is 17.1 Å². The molecule has 0 unspecified atom stereocenters. The lowest BCUT2D eigenvalue weighted by Gasteiger charge is -2.33. The van der Waals surface area contributed by atoms with Crippen LogP contribution in [0.15, 0.2) is 24.3 Å². The molecule has 0 spiro atoms. The van der Waals surface area contributed by atoms with Crippen molar-refractivity contribution in [3.05, 3.63) is 29.3 Å². The highest BCUT2D eigenvalue weighted by molar-refractivity contribution is 6.30. The molecule has 4 heteroatoms. The smallest absolute Gasteiger partial charge is 0.120 e. The highest BCUT2D eigenvalue weighted by atomic mass is 35.5. The summed E-state index contributed by atoms with van der Waals surface area (Å²) in [5.41, 5.74) is 0. The zero-order chi connectivity index (χ0) is 13.5. The van der Waals surface area contributed by atoms with Crippen molar-refractivity contribution in [2.24, 2.45) is 0 Å². The molecule has 0 bridgehead atoms. The van der Waals surface area contributed by atoms with Gasteiger partial charge >= 0.3 is 0 Å². The molecule has 0 aromatic heterocycles. The molecule has 2 rings (SSSR count). The van der Waals surface area contributed by atoms with Crippen molar-refractivity contribution in [1.82, 2.24) is 10.2 Å². The highest BCUT2D eigenvalue weighted by Gasteiger charge is 2.16. The first-order chi connectivity index (χ1) is 9.25. The lowest BCUT2D eigenvalue weighted by Crippen LogP contribution is -2.49. The van der Waals surface area contributed by atoms with E-state index in [1.54, 1.807) is 0 Å². The summed E-state index contributed by atoms with van der Waals surface area (Å²) in [6.45, 7) is 7.61. The maximum atomic E-state index is 5.91. The van der Waals surface area contributed by atoms with Gasteiger partial charge in [0, 0.05) is 30.7 Å². The van der Waals surface area contributed by atoms with Crippen LogP contribution >= 0.6 is 11.6 Å². The lowest BCUT2D eigenvalue weighted by molar-refractivity contribution is 0.166. The van der Waals surface area contributed by atoms with E-state index in [0.29, 0.717) is 6.04 Å². The zero-order valence-corrected chi connectivity index (χ0v) is 12.3. The first kappa shape index (κ1) is 14.6. The summed E-state index contributed by atoms with van der Waals surface area (Å²) in [6, 6.07) is 8.24. The minimum atomic E-state index is 0.655.